The highest BCUT2D eigenvalue weighted by Crippen LogP contribution is 2.10. The van der Waals surface area contributed by atoms with E-state index in [1.165, 1.54) is 12.3 Å². The minimum Gasteiger partial charge on any atom is -0.370 e. The summed E-state index contributed by atoms with van der Waals surface area (Å²) in [5, 5.41) is 15.9. The van der Waals surface area contributed by atoms with Crippen molar-refractivity contribution in [3.8, 4) is 0 Å². The number of aromatic nitrogens is 5. The topological polar surface area (TPSA) is 126 Å². The van der Waals surface area contributed by atoms with Crippen molar-refractivity contribution >= 4 is 15.8 Å². The highest BCUT2D eigenvalue weighted by molar-refractivity contribution is 7.89. The Morgan fingerprint density at radius 1 is 1.37 bits per heavy atom. The Kier molecular flexibility index (Phi) is 4.02. The molecule has 0 unspecified atom stereocenters. The third-order valence-electron chi connectivity index (χ3n) is 2.21. The van der Waals surface area contributed by atoms with Gasteiger partial charge >= 0.3 is 0 Å². The van der Waals surface area contributed by atoms with E-state index in [1.807, 2.05) is 6.92 Å². The largest absolute Gasteiger partial charge is 0.370 e. The van der Waals surface area contributed by atoms with Crippen molar-refractivity contribution in [3.63, 3.8) is 0 Å². The van der Waals surface area contributed by atoms with Crippen molar-refractivity contribution in [3.05, 3.63) is 24.2 Å². The summed E-state index contributed by atoms with van der Waals surface area (Å²) in [6, 6.07) is 3.08. The molecule has 0 saturated heterocycles. The zero-order chi connectivity index (χ0) is 13.7. The fourth-order valence-corrected chi connectivity index (χ4v) is 2.25. The lowest BCUT2D eigenvalue weighted by molar-refractivity contribution is 0.579. The summed E-state index contributed by atoms with van der Waals surface area (Å²) in [4.78, 5) is 4.08. The van der Waals surface area contributed by atoms with Crippen LogP contribution in [0.15, 0.2) is 23.2 Å². The molecule has 0 spiro atoms. The molecule has 2 rings (SSSR count). The summed E-state index contributed by atoms with van der Waals surface area (Å²) in [5.74, 6) is 0.889. The van der Waals surface area contributed by atoms with Crippen LogP contribution in [0.1, 0.15) is 12.7 Å². The predicted octanol–water partition coefficient (Wildman–Crippen LogP) is -0.495. The molecule has 19 heavy (non-hydrogen) atoms. The van der Waals surface area contributed by atoms with E-state index < -0.39 is 10.0 Å². The quantitative estimate of drug-likeness (QED) is 0.652. The number of pyridine rings is 1. The number of tetrazole rings is 1. The molecule has 0 bridgehead atoms. The Morgan fingerprint density at radius 3 is 2.79 bits per heavy atom. The van der Waals surface area contributed by atoms with Gasteiger partial charge in [0.25, 0.3) is 0 Å². The Morgan fingerprint density at radius 2 is 2.21 bits per heavy atom. The smallest absolute Gasteiger partial charge is 0.242 e. The molecule has 0 aliphatic carbocycles. The monoisotopic (exact) mass is 283 g/mol. The predicted molar refractivity (Wildman–Crippen MR) is 66.6 cm³/mol. The number of nitrogens with zero attached hydrogens (tertiary/aromatic N) is 4. The second-order valence-corrected chi connectivity index (χ2v) is 5.33. The normalized spacial score (nSPS) is 11.4. The van der Waals surface area contributed by atoms with Crippen molar-refractivity contribution in [1.82, 2.24) is 30.3 Å². The molecule has 0 saturated carbocycles. The molecule has 0 aromatic carbocycles. The number of anilines is 1. The summed E-state index contributed by atoms with van der Waals surface area (Å²) in [7, 11) is -3.63. The van der Waals surface area contributed by atoms with Crippen LogP contribution < -0.4 is 10.0 Å². The molecule has 0 radical (unpaired) electrons. The average molecular weight is 283 g/mol. The van der Waals surface area contributed by atoms with Crippen LogP contribution in [0.25, 0.3) is 0 Å². The van der Waals surface area contributed by atoms with Gasteiger partial charge in [-0.15, -0.1) is 10.2 Å². The summed E-state index contributed by atoms with van der Waals surface area (Å²) < 4.78 is 26.2. The van der Waals surface area contributed by atoms with Crippen LogP contribution in [-0.2, 0) is 16.6 Å². The van der Waals surface area contributed by atoms with E-state index in [0.717, 1.165) is 6.54 Å². The maximum absolute atomic E-state index is 11.9. The van der Waals surface area contributed by atoms with Crippen LogP contribution in [-0.4, -0.2) is 40.6 Å². The van der Waals surface area contributed by atoms with E-state index in [1.54, 1.807) is 6.07 Å². The van der Waals surface area contributed by atoms with Gasteiger partial charge in [-0.05, 0) is 19.1 Å². The van der Waals surface area contributed by atoms with Crippen molar-refractivity contribution in [2.24, 2.45) is 0 Å². The van der Waals surface area contributed by atoms with E-state index in [-0.39, 0.29) is 17.3 Å². The van der Waals surface area contributed by atoms with Crippen LogP contribution in [0.4, 0.5) is 5.82 Å². The molecule has 2 aromatic heterocycles. The minimum absolute atomic E-state index is 0.0339. The molecule has 102 valence electrons. The van der Waals surface area contributed by atoms with E-state index in [9.17, 15) is 8.42 Å². The number of aromatic amines is 1. The fraction of sp³-hybridized carbons (Fsp3) is 0.333. The molecule has 0 atom stereocenters. The molecule has 9 nitrogen and oxygen atoms in total. The summed E-state index contributed by atoms with van der Waals surface area (Å²) in [6.45, 7) is 2.61. The van der Waals surface area contributed by atoms with Crippen molar-refractivity contribution in [1.29, 1.82) is 0 Å². The number of hydrogen-bond donors (Lipinski definition) is 3. The lowest BCUT2D eigenvalue weighted by Gasteiger charge is -2.06. The van der Waals surface area contributed by atoms with Crippen LogP contribution in [0, 0.1) is 0 Å². The standard InChI is InChI=1S/C9H13N7O2S/c1-2-10-8-4-3-7(5-11-8)19(17,18)12-6-9-13-15-16-14-9/h3-5,12H,2,6H2,1H3,(H,10,11)(H,13,14,15,16). The Labute approximate surface area is 109 Å². The van der Waals surface area contributed by atoms with Crippen molar-refractivity contribution in [2.75, 3.05) is 11.9 Å². The maximum Gasteiger partial charge on any atom is 0.242 e. The van der Waals surface area contributed by atoms with E-state index >= 15 is 0 Å². The van der Waals surface area contributed by atoms with Crippen molar-refractivity contribution < 1.29 is 8.42 Å². The van der Waals surface area contributed by atoms with Gasteiger partial charge in [-0.2, -0.15) is 5.21 Å². The zero-order valence-electron chi connectivity index (χ0n) is 10.2. The first kappa shape index (κ1) is 13.4. The first-order valence-corrected chi connectivity index (χ1v) is 7.02. The number of rotatable bonds is 6. The Balaban J connectivity index is 2.06. The SMILES string of the molecule is CCNc1ccc(S(=O)(=O)NCc2nn[nH]n2)cn1. The van der Waals surface area contributed by atoms with Crippen LogP contribution in [0.2, 0.25) is 0 Å². The molecule has 2 aromatic rings. The maximum atomic E-state index is 11.9. The van der Waals surface area contributed by atoms with Crippen molar-refractivity contribution in [2.45, 2.75) is 18.4 Å². The molecule has 0 aliphatic heterocycles. The van der Waals surface area contributed by atoms with Gasteiger partial charge < -0.3 is 5.32 Å². The molecule has 0 fully saturated rings. The third-order valence-corrected chi connectivity index (χ3v) is 3.60. The molecule has 10 heteroatoms. The summed E-state index contributed by atoms with van der Waals surface area (Å²) in [5.41, 5.74) is 0. The van der Waals surface area contributed by atoms with Crippen LogP contribution >= 0.6 is 0 Å². The van der Waals surface area contributed by atoms with E-state index in [2.05, 4.69) is 35.6 Å². The minimum atomic E-state index is -3.63. The van der Waals surface area contributed by atoms with Crippen LogP contribution in [0.3, 0.4) is 0 Å². The highest BCUT2D eigenvalue weighted by Gasteiger charge is 2.15. The molecule has 2 heterocycles. The van der Waals surface area contributed by atoms with Gasteiger partial charge in [-0.3, -0.25) is 0 Å². The second-order valence-electron chi connectivity index (χ2n) is 3.56. The molecular formula is C9H13N7O2S. The van der Waals surface area contributed by atoms with Gasteiger partial charge in [0, 0.05) is 12.7 Å². The second kappa shape index (κ2) is 5.71. The molecular weight excluding hydrogens is 270 g/mol. The average Bonchev–Trinajstić information content (AvgIpc) is 2.91. The van der Waals surface area contributed by atoms with E-state index in [4.69, 9.17) is 0 Å². The molecule has 0 amide bonds. The number of nitrogens with one attached hydrogen (secondary N) is 3. The number of H-pyrrole nitrogens is 1. The van der Waals surface area contributed by atoms with Gasteiger partial charge in [-0.1, -0.05) is 5.21 Å². The van der Waals surface area contributed by atoms with Gasteiger partial charge in [-0.25, -0.2) is 18.1 Å². The van der Waals surface area contributed by atoms with Gasteiger partial charge in [0.2, 0.25) is 10.0 Å². The van der Waals surface area contributed by atoms with E-state index in [0.29, 0.717) is 5.82 Å². The summed E-state index contributed by atoms with van der Waals surface area (Å²) >= 11 is 0. The first-order chi connectivity index (χ1) is 9.12. The van der Waals surface area contributed by atoms with Gasteiger partial charge in [0.05, 0.1) is 6.54 Å². The summed E-state index contributed by atoms with van der Waals surface area (Å²) in [6.07, 6.45) is 1.29. The third kappa shape index (κ3) is 3.45. The lowest BCUT2D eigenvalue weighted by Crippen LogP contribution is -2.24. The Hall–Kier alpha value is -2.07. The lowest BCUT2D eigenvalue weighted by atomic mass is 10.4. The molecule has 3 N–H and O–H groups in total. The molecule has 0 aliphatic rings. The number of sulfonamides is 1. The van der Waals surface area contributed by atoms with Gasteiger partial charge in [0.15, 0.2) is 5.82 Å². The number of hydrogen-bond acceptors (Lipinski definition) is 7. The van der Waals surface area contributed by atoms with Crippen LogP contribution in [0.5, 0.6) is 0 Å². The fourth-order valence-electron chi connectivity index (χ4n) is 1.33. The van der Waals surface area contributed by atoms with Gasteiger partial charge in [0.1, 0.15) is 10.7 Å². The Bertz CT molecular complexity index is 609. The zero-order valence-corrected chi connectivity index (χ0v) is 11.0. The first-order valence-electron chi connectivity index (χ1n) is 5.53. The highest BCUT2D eigenvalue weighted by atomic mass is 32.2.